The Morgan fingerprint density at radius 1 is 1.00 bits per heavy atom. The van der Waals surface area contributed by atoms with Gasteiger partial charge in [0.25, 0.3) is 0 Å². The first-order valence-electron chi connectivity index (χ1n) is 11.0. The monoisotopic (exact) mass is 477 g/mol. The smallest absolute Gasteiger partial charge is 0.356 e. The standard InChI is InChI=1S/C26H27N3O2S2/c1-4-31-25(30)23-9-5-7-21(27-23)15-29(16-22-8-6-14-32-22)26-28-24(17-33-26)20-12-10-19(11-13-20)18(2)3/h5-14,17-18H,4,15-16H2,1-3H3. The molecule has 170 valence electrons. The van der Waals surface area contributed by atoms with Crippen molar-refractivity contribution in [1.29, 1.82) is 0 Å². The Kier molecular flexibility index (Phi) is 7.52. The molecule has 0 spiro atoms. The molecule has 5 nitrogen and oxygen atoms in total. The number of thiophene rings is 1. The number of anilines is 1. The number of carbonyl (C=O) groups excluding carboxylic acids is 1. The first-order chi connectivity index (χ1) is 16.0. The third-order valence-electron chi connectivity index (χ3n) is 5.21. The molecule has 0 saturated heterocycles. The van der Waals surface area contributed by atoms with Crippen molar-refractivity contribution >= 4 is 33.8 Å². The number of ether oxygens (including phenoxy) is 1. The number of nitrogens with zero attached hydrogens (tertiary/aromatic N) is 3. The van der Waals surface area contributed by atoms with Crippen molar-refractivity contribution in [3.8, 4) is 11.3 Å². The van der Waals surface area contributed by atoms with Crippen LogP contribution in [0.1, 0.15) is 53.3 Å². The highest BCUT2D eigenvalue weighted by Gasteiger charge is 2.16. The number of carbonyl (C=O) groups is 1. The molecule has 3 aromatic heterocycles. The van der Waals surface area contributed by atoms with Crippen molar-refractivity contribution in [2.45, 2.75) is 39.8 Å². The second-order valence-corrected chi connectivity index (χ2v) is 9.83. The van der Waals surface area contributed by atoms with Crippen molar-refractivity contribution in [2.75, 3.05) is 11.5 Å². The third kappa shape index (κ3) is 5.86. The molecule has 0 atom stereocenters. The molecule has 1 aromatic carbocycles. The zero-order valence-electron chi connectivity index (χ0n) is 19.0. The summed E-state index contributed by atoms with van der Waals surface area (Å²) in [5.74, 6) is 0.106. The Morgan fingerprint density at radius 2 is 1.82 bits per heavy atom. The maximum atomic E-state index is 12.1. The van der Waals surface area contributed by atoms with Crippen LogP contribution in [0.2, 0.25) is 0 Å². The summed E-state index contributed by atoms with van der Waals surface area (Å²) in [6.07, 6.45) is 0. The van der Waals surface area contributed by atoms with Gasteiger partial charge >= 0.3 is 5.97 Å². The third-order valence-corrected chi connectivity index (χ3v) is 6.97. The summed E-state index contributed by atoms with van der Waals surface area (Å²) < 4.78 is 5.11. The average molecular weight is 478 g/mol. The van der Waals surface area contributed by atoms with Gasteiger partial charge in [0.15, 0.2) is 5.13 Å². The van der Waals surface area contributed by atoms with Crippen LogP contribution in [0.15, 0.2) is 65.4 Å². The maximum Gasteiger partial charge on any atom is 0.356 e. The molecule has 4 rings (SSSR count). The fourth-order valence-electron chi connectivity index (χ4n) is 3.44. The van der Waals surface area contributed by atoms with Gasteiger partial charge in [-0.3, -0.25) is 0 Å². The lowest BCUT2D eigenvalue weighted by molar-refractivity contribution is 0.0519. The number of benzene rings is 1. The van der Waals surface area contributed by atoms with Gasteiger partial charge in [-0.15, -0.1) is 22.7 Å². The second kappa shape index (κ2) is 10.7. The van der Waals surface area contributed by atoms with E-state index in [-0.39, 0.29) is 0 Å². The number of esters is 1. The summed E-state index contributed by atoms with van der Waals surface area (Å²) in [6, 6.07) is 18.3. The van der Waals surface area contributed by atoms with Gasteiger partial charge in [-0.05, 0) is 42.0 Å². The zero-order valence-corrected chi connectivity index (χ0v) is 20.7. The minimum Gasteiger partial charge on any atom is -0.461 e. The van der Waals surface area contributed by atoms with E-state index in [1.807, 2.05) is 12.1 Å². The normalized spacial score (nSPS) is 11.0. The molecule has 0 aliphatic heterocycles. The summed E-state index contributed by atoms with van der Waals surface area (Å²) in [4.78, 5) is 25.1. The van der Waals surface area contributed by atoms with Crippen LogP contribution >= 0.6 is 22.7 Å². The van der Waals surface area contributed by atoms with Gasteiger partial charge < -0.3 is 9.64 Å². The zero-order chi connectivity index (χ0) is 23.2. The Hall–Kier alpha value is -3.03. The van der Waals surface area contributed by atoms with Crippen LogP contribution in [0.5, 0.6) is 0 Å². The molecule has 33 heavy (non-hydrogen) atoms. The molecule has 0 aliphatic carbocycles. The quantitative estimate of drug-likeness (QED) is 0.249. The van der Waals surface area contributed by atoms with Crippen LogP contribution in [0.3, 0.4) is 0 Å². The van der Waals surface area contributed by atoms with Crippen molar-refractivity contribution in [2.24, 2.45) is 0 Å². The predicted molar refractivity (Wildman–Crippen MR) is 136 cm³/mol. The first-order valence-corrected chi connectivity index (χ1v) is 12.8. The fourth-order valence-corrected chi connectivity index (χ4v) is 5.00. The lowest BCUT2D eigenvalue weighted by Crippen LogP contribution is -2.22. The number of thiazole rings is 1. The fraction of sp³-hybridized carbons (Fsp3) is 0.269. The van der Waals surface area contributed by atoms with E-state index in [2.05, 4.69) is 70.9 Å². The molecular formula is C26H27N3O2S2. The first kappa shape index (κ1) is 23.1. The van der Waals surface area contributed by atoms with Crippen LogP contribution in [0, 0.1) is 0 Å². The van der Waals surface area contributed by atoms with Gasteiger partial charge in [-0.1, -0.05) is 50.2 Å². The predicted octanol–water partition coefficient (Wildman–Crippen LogP) is 6.77. The Bertz CT molecular complexity index is 1180. The van der Waals surface area contributed by atoms with Crippen LogP contribution in [-0.4, -0.2) is 22.5 Å². The lowest BCUT2D eigenvalue weighted by atomic mass is 10.0. The minimum atomic E-state index is -0.398. The SMILES string of the molecule is CCOC(=O)c1cccc(CN(Cc2cccs2)c2nc(-c3ccc(C(C)C)cc3)cs2)n1. The maximum absolute atomic E-state index is 12.1. The van der Waals surface area contributed by atoms with Crippen LogP contribution in [-0.2, 0) is 17.8 Å². The van der Waals surface area contributed by atoms with Gasteiger partial charge in [0.05, 0.1) is 31.1 Å². The van der Waals surface area contributed by atoms with E-state index in [9.17, 15) is 4.79 Å². The number of hydrogen-bond donors (Lipinski definition) is 0. The van der Waals surface area contributed by atoms with E-state index in [4.69, 9.17) is 9.72 Å². The molecule has 7 heteroatoms. The Morgan fingerprint density at radius 3 is 2.52 bits per heavy atom. The van der Waals surface area contributed by atoms with E-state index in [1.54, 1.807) is 35.7 Å². The van der Waals surface area contributed by atoms with Crippen molar-refractivity contribution in [1.82, 2.24) is 9.97 Å². The van der Waals surface area contributed by atoms with Gasteiger partial charge in [0.1, 0.15) is 5.69 Å². The van der Waals surface area contributed by atoms with E-state index < -0.39 is 5.97 Å². The molecule has 0 saturated carbocycles. The molecule has 4 aromatic rings. The average Bonchev–Trinajstić information content (AvgIpc) is 3.51. The number of aromatic nitrogens is 2. The summed E-state index contributed by atoms with van der Waals surface area (Å²) in [5.41, 5.74) is 4.53. The van der Waals surface area contributed by atoms with Crippen LogP contribution in [0.25, 0.3) is 11.3 Å². The minimum absolute atomic E-state index is 0.329. The number of rotatable bonds is 9. The molecule has 0 fully saturated rings. The molecule has 0 aliphatic rings. The highest BCUT2D eigenvalue weighted by Crippen LogP contribution is 2.31. The van der Waals surface area contributed by atoms with Crippen LogP contribution < -0.4 is 4.90 Å². The summed E-state index contributed by atoms with van der Waals surface area (Å²) in [5, 5.41) is 5.11. The van der Waals surface area contributed by atoms with Gasteiger partial charge in [0, 0.05) is 15.8 Å². The molecule has 0 unspecified atom stereocenters. The molecule has 3 heterocycles. The largest absolute Gasteiger partial charge is 0.461 e. The lowest BCUT2D eigenvalue weighted by Gasteiger charge is -2.21. The van der Waals surface area contributed by atoms with E-state index >= 15 is 0 Å². The van der Waals surface area contributed by atoms with E-state index in [1.165, 1.54) is 10.4 Å². The van der Waals surface area contributed by atoms with Crippen molar-refractivity contribution in [3.63, 3.8) is 0 Å². The van der Waals surface area contributed by atoms with Crippen molar-refractivity contribution in [3.05, 3.63) is 87.2 Å². The molecular weight excluding hydrogens is 450 g/mol. The molecule has 0 N–H and O–H groups in total. The number of hydrogen-bond acceptors (Lipinski definition) is 7. The second-order valence-electron chi connectivity index (χ2n) is 7.96. The molecule has 0 bridgehead atoms. The van der Waals surface area contributed by atoms with Gasteiger partial charge in [0.2, 0.25) is 0 Å². The topological polar surface area (TPSA) is 55.3 Å². The van der Waals surface area contributed by atoms with Crippen molar-refractivity contribution < 1.29 is 9.53 Å². The van der Waals surface area contributed by atoms with E-state index in [0.29, 0.717) is 24.8 Å². The Balaban J connectivity index is 1.59. The summed E-state index contributed by atoms with van der Waals surface area (Å²) in [7, 11) is 0. The van der Waals surface area contributed by atoms with Gasteiger partial charge in [-0.2, -0.15) is 0 Å². The highest BCUT2D eigenvalue weighted by atomic mass is 32.1. The van der Waals surface area contributed by atoms with Gasteiger partial charge in [-0.25, -0.2) is 14.8 Å². The highest BCUT2D eigenvalue weighted by molar-refractivity contribution is 7.14. The summed E-state index contributed by atoms with van der Waals surface area (Å²) in [6.45, 7) is 7.79. The Labute approximate surface area is 202 Å². The number of pyridine rings is 1. The molecule has 0 amide bonds. The summed E-state index contributed by atoms with van der Waals surface area (Å²) >= 11 is 3.34. The van der Waals surface area contributed by atoms with E-state index in [0.717, 1.165) is 28.6 Å². The molecule has 0 radical (unpaired) electrons. The van der Waals surface area contributed by atoms with Crippen LogP contribution in [0.4, 0.5) is 5.13 Å².